The van der Waals surface area contributed by atoms with Crippen LogP contribution >= 0.6 is 0 Å². The van der Waals surface area contributed by atoms with Crippen molar-refractivity contribution in [2.24, 2.45) is 0 Å². The summed E-state index contributed by atoms with van der Waals surface area (Å²) in [5.41, 5.74) is 0. The first-order valence-electron chi connectivity index (χ1n) is 5.27. The van der Waals surface area contributed by atoms with Crippen LogP contribution in [0.25, 0.3) is 0 Å². The molecule has 2 rings (SSSR count). The van der Waals surface area contributed by atoms with E-state index in [1.807, 2.05) is 0 Å². The lowest BCUT2D eigenvalue weighted by Gasteiger charge is -2.25. The molecule has 13 heavy (non-hydrogen) atoms. The third-order valence-electron chi connectivity index (χ3n) is 2.69. The number of rotatable bonds is 5. The minimum atomic E-state index is -0.0298. The van der Waals surface area contributed by atoms with Gasteiger partial charge in [0.25, 0.3) is 0 Å². The summed E-state index contributed by atoms with van der Waals surface area (Å²) in [6.45, 7) is 0.788. The maximum atomic E-state index is 11.2. The zero-order valence-corrected chi connectivity index (χ0v) is 7.92. The first kappa shape index (κ1) is 9.00. The Hall–Kier alpha value is -0.570. The molecule has 0 aromatic carbocycles. The molecule has 2 fully saturated rings. The molecule has 0 amide bonds. The molecular formula is C10H17NO2. The van der Waals surface area contributed by atoms with Crippen molar-refractivity contribution in [1.82, 2.24) is 5.32 Å². The second-order valence-electron chi connectivity index (χ2n) is 4.02. The Morgan fingerprint density at radius 1 is 1.31 bits per heavy atom. The number of hydrogen-bond acceptors (Lipinski definition) is 3. The molecule has 1 N–H and O–H groups in total. The largest absolute Gasteiger partial charge is 0.462 e. The minimum absolute atomic E-state index is 0.0298. The van der Waals surface area contributed by atoms with Gasteiger partial charge in [-0.25, -0.2) is 0 Å². The quantitative estimate of drug-likeness (QED) is 0.651. The Kier molecular flexibility index (Phi) is 2.83. The Bertz CT molecular complexity index is 185. The van der Waals surface area contributed by atoms with E-state index in [1.54, 1.807) is 0 Å². The third kappa shape index (κ3) is 2.99. The van der Waals surface area contributed by atoms with Gasteiger partial charge < -0.3 is 10.1 Å². The molecule has 3 nitrogen and oxygen atoms in total. The van der Waals surface area contributed by atoms with E-state index in [1.165, 1.54) is 19.3 Å². The van der Waals surface area contributed by atoms with E-state index in [4.69, 9.17) is 4.74 Å². The molecule has 74 valence electrons. The molecule has 2 saturated carbocycles. The van der Waals surface area contributed by atoms with Gasteiger partial charge in [-0.2, -0.15) is 0 Å². The smallest absolute Gasteiger partial charge is 0.307 e. The van der Waals surface area contributed by atoms with E-state index in [0.29, 0.717) is 12.5 Å². The Morgan fingerprint density at radius 2 is 2.08 bits per heavy atom. The summed E-state index contributed by atoms with van der Waals surface area (Å²) in [4.78, 5) is 11.2. The van der Waals surface area contributed by atoms with Crippen LogP contribution in [0.15, 0.2) is 0 Å². The summed E-state index contributed by atoms with van der Waals surface area (Å²) in [6.07, 6.45) is 6.69. The van der Waals surface area contributed by atoms with Gasteiger partial charge in [-0.1, -0.05) is 0 Å². The van der Waals surface area contributed by atoms with Gasteiger partial charge in [0.05, 0.1) is 6.42 Å². The lowest BCUT2D eigenvalue weighted by Crippen LogP contribution is -2.27. The molecular weight excluding hydrogens is 166 g/mol. The highest BCUT2D eigenvalue weighted by Gasteiger charge is 2.23. The van der Waals surface area contributed by atoms with Gasteiger partial charge >= 0.3 is 5.97 Å². The van der Waals surface area contributed by atoms with E-state index in [9.17, 15) is 4.79 Å². The second kappa shape index (κ2) is 4.09. The Morgan fingerprint density at radius 3 is 2.62 bits per heavy atom. The van der Waals surface area contributed by atoms with Crippen LogP contribution in [0.5, 0.6) is 0 Å². The van der Waals surface area contributed by atoms with E-state index >= 15 is 0 Å². The van der Waals surface area contributed by atoms with E-state index in [-0.39, 0.29) is 12.1 Å². The van der Waals surface area contributed by atoms with Gasteiger partial charge in [0.1, 0.15) is 6.10 Å². The molecule has 0 spiro atoms. The first-order chi connectivity index (χ1) is 6.34. The van der Waals surface area contributed by atoms with Crippen LogP contribution in [0.1, 0.15) is 38.5 Å². The minimum Gasteiger partial charge on any atom is -0.462 e. The summed E-state index contributed by atoms with van der Waals surface area (Å²) in [5, 5.41) is 3.30. The molecule has 0 saturated heterocycles. The lowest BCUT2D eigenvalue weighted by molar-refractivity contribution is -0.152. The molecule has 0 radical (unpaired) electrons. The summed E-state index contributed by atoms with van der Waals surface area (Å²) < 4.78 is 5.21. The summed E-state index contributed by atoms with van der Waals surface area (Å²) in [7, 11) is 0. The van der Waals surface area contributed by atoms with Crippen LogP contribution < -0.4 is 5.32 Å². The molecule has 0 aromatic rings. The number of nitrogens with one attached hydrogen (secondary N) is 1. The van der Waals surface area contributed by atoms with Crippen molar-refractivity contribution in [2.45, 2.75) is 50.7 Å². The van der Waals surface area contributed by atoms with Crippen molar-refractivity contribution in [1.29, 1.82) is 0 Å². The number of ether oxygens (including phenoxy) is 1. The maximum Gasteiger partial charge on any atom is 0.307 e. The second-order valence-corrected chi connectivity index (χ2v) is 4.02. The summed E-state index contributed by atoms with van der Waals surface area (Å²) in [6, 6.07) is 0.691. The number of carbonyl (C=O) groups excluding carboxylic acids is 1. The first-order valence-corrected chi connectivity index (χ1v) is 5.27. The van der Waals surface area contributed by atoms with Crippen molar-refractivity contribution in [3.05, 3.63) is 0 Å². The molecule has 0 heterocycles. The van der Waals surface area contributed by atoms with Crippen molar-refractivity contribution >= 4 is 5.97 Å². The van der Waals surface area contributed by atoms with E-state index in [0.717, 1.165) is 19.4 Å². The lowest BCUT2D eigenvalue weighted by atomic mass is 9.96. The highest BCUT2D eigenvalue weighted by Crippen LogP contribution is 2.22. The molecule has 0 aromatic heterocycles. The molecule has 0 atom stereocenters. The maximum absolute atomic E-state index is 11.2. The fourth-order valence-electron chi connectivity index (χ4n) is 1.40. The fourth-order valence-corrected chi connectivity index (χ4v) is 1.40. The van der Waals surface area contributed by atoms with E-state index in [2.05, 4.69) is 5.32 Å². The predicted molar refractivity (Wildman–Crippen MR) is 49.4 cm³/mol. The average Bonchev–Trinajstić information content (AvgIpc) is 2.81. The van der Waals surface area contributed by atoms with Gasteiger partial charge in [0, 0.05) is 12.6 Å². The highest BCUT2D eigenvalue weighted by atomic mass is 16.5. The van der Waals surface area contributed by atoms with Gasteiger partial charge in [0.2, 0.25) is 0 Å². The average molecular weight is 183 g/mol. The number of esters is 1. The number of carbonyl (C=O) groups is 1. The van der Waals surface area contributed by atoms with Crippen LogP contribution in [0.3, 0.4) is 0 Å². The third-order valence-corrected chi connectivity index (χ3v) is 2.69. The molecule has 0 aliphatic heterocycles. The Labute approximate surface area is 78.8 Å². The Balaban J connectivity index is 1.49. The molecule has 3 heteroatoms. The zero-order chi connectivity index (χ0) is 9.10. The van der Waals surface area contributed by atoms with Crippen LogP contribution in [-0.4, -0.2) is 24.7 Å². The SMILES string of the molecule is O=C(CCNC1CC1)OC1CCC1. The van der Waals surface area contributed by atoms with Crippen LogP contribution in [0.2, 0.25) is 0 Å². The normalized spacial score (nSPS) is 22.5. The predicted octanol–water partition coefficient (Wildman–Crippen LogP) is 1.22. The molecule has 0 unspecified atom stereocenters. The topological polar surface area (TPSA) is 38.3 Å². The van der Waals surface area contributed by atoms with Crippen molar-refractivity contribution in [3.63, 3.8) is 0 Å². The van der Waals surface area contributed by atoms with E-state index < -0.39 is 0 Å². The number of hydrogen-bond donors (Lipinski definition) is 1. The standard InChI is InChI=1S/C10H17NO2/c12-10(13-9-2-1-3-9)6-7-11-8-4-5-8/h8-9,11H,1-7H2. The molecule has 0 bridgehead atoms. The molecule has 2 aliphatic rings. The summed E-state index contributed by atoms with van der Waals surface area (Å²) >= 11 is 0. The van der Waals surface area contributed by atoms with Crippen molar-refractivity contribution < 1.29 is 9.53 Å². The zero-order valence-electron chi connectivity index (χ0n) is 7.92. The van der Waals surface area contributed by atoms with Gasteiger partial charge in [-0.05, 0) is 32.1 Å². The van der Waals surface area contributed by atoms with Gasteiger partial charge in [-0.3, -0.25) is 4.79 Å². The highest BCUT2D eigenvalue weighted by molar-refractivity contribution is 5.69. The van der Waals surface area contributed by atoms with Crippen LogP contribution in [-0.2, 0) is 9.53 Å². The monoisotopic (exact) mass is 183 g/mol. The van der Waals surface area contributed by atoms with Crippen LogP contribution in [0.4, 0.5) is 0 Å². The van der Waals surface area contributed by atoms with Crippen molar-refractivity contribution in [3.8, 4) is 0 Å². The summed E-state index contributed by atoms with van der Waals surface area (Å²) in [5.74, 6) is -0.0298. The van der Waals surface area contributed by atoms with Crippen LogP contribution in [0, 0.1) is 0 Å². The fraction of sp³-hybridized carbons (Fsp3) is 0.900. The molecule has 2 aliphatic carbocycles. The van der Waals surface area contributed by atoms with Gasteiger partial charge in [-0.15, -0.1) is 0 Å². The van der Waals surface area contributed by atoms with Crippen molar-refractivity contribution in [2.75, 3.05) is 6.54 Å². The van der Waals surface area contributed by atoms with Gasteiger partial charge in [0.15, 0.2) is 0 Å².